The Morgan fingerprint density at radius 3 is 2.42 bits per heavy atom. The zero-order valence-electron chi connectivity index (χ0n) is 15.4. The van der Waals surface area contributed by atoms with E-state index in [2.05, 4.69) is 20.7 Å². The molecule has 1 N–H and O–H groups in total. The average molecular weight is 449 g/mol. The number of likely N-dealkylation sites (tertiary alicyclic amines) is 1. The van der Waals surface area contributed by atoms with E-state index in [1.165, 1.54) is 13.2 Å². The molecular formula is C17H25BrN2O5S. The van der Waals surface area contributed by atoms with Crippen LogP contribution in [-0.4, -0.2) is 51.3 Å². The molecule has 26 heavy (non-hydrogen) atoms. The number of nitrogens with zero attached hydrogens (tertiary/aromatic N) is 1. The van der Waals surface area contributed by atoms with Gasteiger partial charge >= 0.3 is 6.09 Å². The van der Waals surface area contributed by atoms with Gasteiger partial charge in [-0.2, -0.15) is 0 Å². The van der Waals surface area contributed by atoms with Gasteiger partial charge in [0.1, 0.15) is 16.2 Å². The molecule has 0 saturated carbocycles. The van der Waals surface area contributed by atoms with Crippen molar-refractivity contribution in [2.24, 2.45) is 0 Å². The number of carbonyl (C=O) groups excluding carboxylic acids is 1. The van der Waals surface area contributed by atoms with E-state index in [1.807, 2.05) is 20.8 Å². The predicted octanol–water partition coefficient (Wildman–Crippen LogP) is 3.14. The van der Waals surface area contributed by atoms with Crippen LogP contribution in [0.2, 0.25) is 0 Å². The van der Waals surface area contributed by atoms with Crippen molar-refractivity contribution in [1.29, 1.82) is 0 Å². The molecule has 146 valence electrons. The van der Waals surface area contributed by atoms with Gasteiger partial charge in [0.2, 0.25) is 10.0 Å². The van der Waals surface area contributed by atoms with Crippen LogP contribution in [0.5, 0.6) is 5.75 Å². The van der Waals surface area contributed by atoms with Gasteiger partial charge in [-0.3, -0.25) is 0 Å². The van der Waals surface area contributed by atoms with Crippen molar-refractivity contribution in [3.63, 3.8) is 0 Å². The zero-order valence-corrected chi connectivity index (χ0v) is 17.8. The third kappa shape index (κ3) is 5.59. The van der Waals surface area contributed by atoms with Crippen molar-refractivity contribution < 1.29 is 22.7 Å². The summed E-state index contributed by atoms with van der Waals surface area (Å²) in [5.41, 5.74) is -0.549. The summed E-state index contributed by atoms with van der Waals surface area (Å²) >= 11 is 3.28. The summed E-state index contributed by atoms with van der Waals surface area (Å²) in [6, 6.07) is 4.58. The molecule has 1 aromatic carbocycles. The normalized spacial score (nSPS) is 16.4. The maximum atomic E-state index is 12.7. The van der Waals surface area contributed by atoms with Crippen LogP contribution in [0.1, 0.15) is 33.6 Å². The molecule has 0 spiro atoms. The van der Waals surface area contributed by atoms with E-state index >= 15 is 0 Å². The number of piperidine rings is 1. The minimum atomic E-state index is -3.73. The molecule has 0 bridgehead atoms. The first-order valence-corrected chi connectivity index (χ1v) is 10.6. The number of methoxy groups -OCH3 is 1. The van der Waals surface area contributed by atoms with E-state index in [1.54, 1.807) is 17.0 Å². The molecule has 1 saturated heterocycles. The van der Waals surface area contributed by atoms with Gasteiger partial charge < -0.3 is 14.4 Å². The van der Waals surface area contributed by atoms with Crippen molar-refractivity contribution in [3.8, 4) is 5.75 Å². The van der Waals surface area contributed by atoms with Crippen LogP contribution in [-0.2, 0) is 14.8 Å². The highest BCUT2D eigenvalue weighted by Crippen LogP contribution is 2.28. The lowest BCUT2D eigenvalue weighted by Crippen LogP contribution is -2.47. The van der Waals surface area contributed by atoms with E-state index < -0.39 is 15.6 Å². The smallest absolute Gasteiger partial charge is 0.410 e. The molecule has 0 radical (unpaired) electrons. The maximum absolute atomic E-state index is 12.7. The van der Waals surface area contributed by atoms with Crippen molar-refractivity contribution in [3.05, 3.63) is 22.7 Å². The number of hydrogen-bond acceptors (Lipinski definition) is 5. The van der Waals surface area contributed by atoms with Crippen molar-refractivity contribution in [1.82, 2.24) is 9.62 Å². The number of benzene rings is 1. The number of hydrogen-bond donors (Lipinski definition) is 1. The molecule has 0 aromatic heterocycles. The largest absolute Gasteiger partial charge is 0.495 e. The minimum Gasteiger partial charge on any atom is -0.495 e. The average Bonchev–Trinajstić information content (AvgIpc) is 2.53. The first-order valence-electron chi connectivity index (χ1n) is 8.35. The maximum Gasteiger partial charge on any atom is 0.410 e. The standard InChI is InChI=1S/C17H25BrN2O5S/c1-17(2,3)25-16(21)20-9-7-13(8-10-20)19-26(22,23)15-11-12(18)5-6-14(15)24-4/h5-6,11,13,19H,7-10H2,1-4H3. The fourth-order valence-corrected chi connectivity index (χ4v) is 4.66. The molecule has 1 aliphatic rings. The number of halogens is 1. The third-order valence-corrected chi connectivity index (χ3v) is 5.92. The van der Waals surface area contributed by atoms with Crippen LogP contribution in [0, 0.1) is 0 Å². The molecule has 9 heteroatoms. The van der Waals surface area contributed by atoms with E-state index in [0.29, 0.717) is 30.4 Å². The zero-order chi connectivity index (χ0) is 19.5. The Kier molecular flexibility index (Phi) is 6.57. The highest BCUT2D eigenvalue weighted by molar-refractivity contribution is 9.10. The minimum absolute atomic E-state index is 0.0870. The summed E-state index contributed by atoms with van der Waals surface area (Å²) in [4.78, 5) is 13.8. The summed E-state index contributed by atoms with van der Waals surface area (Å²) in [6.45, 7) is 6.33. The summed E-state index contributed by atoms with van der Waals surface area (Å²) < 4.78 is 39.3. The summed E-state index contributed by atoms with van der Waals surface area (Å²) in [7, 11) is -2.30. The Morgan fingerprint density at radius 1 is 1.27 bits per heavy atom. The van der Waals surface area contributed by atoms with Gasteiger partial charge in [-0.05, 0) is 51.8 Å². The number of ether oxygens (including phenoxy) is 2. The predicted molar refractivity (Wildman–Crippen MR) is 102 cm³/mol. The van der Waals surface area contributed by atoms with E-state index in [9.17, 15) is 13.2 Å². The van der Waals surface area contributed by atoms with Gasteiger partial charge in [0.25, 0.3) is 0 Å². The van der Waals surface area contributed by atoms with E-state index in [-0.39, 0.29) is 22.8 Å². The SMILES string of the molecule is COc1ccc(Br)cc1S(=O)(=O)NC1CCN(C(=O)OC(C)(C)C)CC1. The van der Waals surface area contributed by atoms with Gasteiger partial charge in [-0.25, -0.2) is 17.9 Å². The van der Waals surface area contributed by atoms with Crippen LogP contribution in [0.25, 0.3) is 0 Å². The van der Waals surface area contributed by atoms with Gasteiger partial charge in [0, 0.05) is 23.6 Å². The van der Waals surface area contributed by atoms with Crippen LogP contribution in [0.3, 0.4) is 0 Å². The van der Waals surface area contributed by atoms with Crippen LogP contribution in [0.15, 0.2) is 27.6 Å². The summed E-state index contributed by atoms with van der Waals surface area (Å²) in [6.07, 6.45) is 0.677. The fraction of sp³-hybridized carbons (Fsp3) is 0.588. The van der Waals surface area contributed by atoms with Gasteiger partial charge in [-0.15, -0.1) is 0 Å². The van der Waals surface area contributed by atoms with Crippen LogP contribution < -0.4 is 9.46 Å². The van der Waals surface area contributed by atoms with E-state index in [4.69, 9.17) is 9.47 Å². The molecule has 1 fully saturated rings. The monoisotopic (exact) mass is 448 g/mol. The first kappa shape index (κ1) is 21.0. The lowest BCUT2D eigenvalue weighted by Gasteiger charge is -2.33. The van der Waals surface area contributed by atoms with Crippen molar-refractivity contribution in [2.45, 2.75) is 50.2 Å². The Hall–Kier alpha value is -1.32. The Balaban J connectivity index is 2.01. The summed E-state index contributed by atoms with van der Waals surface area (Å²) in [5, 5.41) is 0. The van der Waals surface area contributed by atoms with E-state index in [0.717, 1.165) is 0 Å². The molecule has 0 aliphatic carbocycles. The Bertz CT molecular complexity index is 753. The second-order valence-electron chi connectivity index (χ2n) is 7.16. The number of rotatable bonds is 4. The lowest BCUT2D eigenvalue weighted by atomic mass is 10.1. The molecule has 7 nitrogen and oxygen atoms in total. The molecule has 2 rings (SSSR count). The van der Waals surface area contributed by atoms with Crippen LogP contribution >= 0.6 is 15.9 Å². The highest BCUT2D eigenvalue weighted by Gasteiger charge is 2.30. The lowest BCUT2D eigenvalue weighted by molar-refractivity contribution is 0.0203. The Morgan fingerprint density at radius 2 is 1.88 bits per heavy atom. The number of amides is 1. The first-order chi connectivity index (χ1) is 12.0. The molecule has 1 heterocycles. The molecule has 1 amide bonds. The molecule has 1 aromatic rings. The second kappa shape index (κ2) is 8.14. The molecule has 0 atom stereocenters. The molecule has 0 unspecified atom stereocenters. The Labute approximate surface area is 163 Å². The third-order valence-electron chi connectivity index (χ3n) is 3.88. The van der Waals surface area contributed by atoms with Gasteiger partial charge in [-0.1, -0.05) is 15.9 Å². The number of carbonyl (C=O) groups is 1. The molecule has 1 aliphatic heterocycles. The van der Waals surface area contributed by atoms with Gasteiger partial charge in [0.15, 0.2) is 0 Å². The topological polar surface area (TPSA) is 84.9 Å². The number of nitrogens with one attached hydrogen (secondary N) is 1. The molecular weight excluding hydrogens is 424 g/mol. The summed E-state index contributed by atoms with van der Waals surface area (Å²) in [5.74, 6) is 0.284. The van der Waals surface area contributed by atoms with Crippen molar-refractivity contribution in [2.75, 3.05) is 20.2 Å². The van der Waals surface area contributed by atoms with Gasteiger partial charge in [0.05, 0.1) is 7.11 Å². The fourth-order valence-electron chi connectivity index (χ4n) is 2.65. The van der Waals surface area contributed by atoms with Crippen molar-refractivity contribution >= 4 is 32.0 Å². The van der Waals surface area contributed by atoms with Crippen LogP contribution in [0.4, 0.5) is 4.79 Å². The quantitative estimate of drug-likeness (QED) is 0.764. The highest BCUT2D eigenvalue weighted by atomic mass is 79.9. The second-order valence-corrected chi connectivity index (χ2v) is 9.76. The number of sulfonamides is 1.